The third kappa shape index (κ3) is 4.54. The molecule has 94 valence electrons. The lowest BCUT2D eigenvalue weighted by molar-refractivity contribution is -0.137. The molecule has 7 nitrogen and oxygen atoms in total. The Kier molecular flexibility index (Phi) is 7.44. The topological polar surface area (TPSA) is 96.9 Å². The van der Waals surface area contributed by atoms with Gasteiger partial charge in [0.2, 0.25) is 5.78 Å². The largest absolute Gasteiger partial charge is 0.480 e. The number of rotatable bonds is 9. The van der Waals surface area contributed by atoms with Crippen LogP contribution in [0.4, 0.5) is 0 Å². The minimum absolute atomic E-state index is 0.0837. The number of aliphatic carboxylic acids is 1. The third-order valence-electron chi connectivity index (χ3n) is 1.45. The summed E-state index contributed by atoms with van der Waals surface area (Å²) in [5.41, 5.74) is 5.59. The molecule has 0 saturated carbocycles. The number of thiocarbonyl (C=S) groups is 1. The van der Waals surface area contributed by atoms with E-state index in [9.17, 15) is 9.36 Å². The lowest BCUT2D eigenvalue weighted by Crippen LogP contribution is -2.45. The van der Waals surface area contributed by atoms with Crippen molar-refractivity contribution in [3.63, 3.8) is 0 Å². The minimum Gasteiger partial charge on any atom is -0.480 e. The number of carboxylic acids is 1. The highest BCUT2D eigenvalue weighted by atomic mass is 32.1. The fraction of sp³-hybridized carbons (Fsp3) is 0.714. The van der Waals surface area contributed by atoms with Gasteiger partial charge in [-0.2, -0.15) is 0 Å². The maximum Gasteiger partial charge on any atom is 0.360 e. The molecule has 0 radical (unpaired) electrons. The summed E-state index contributed by atoms with van der Waals surface area (Å²) in [5.74, 6) is -2.86. The molecule has 16 heavy (non-hydrogen) atoms. The second-order valence-corrected chi connectivity index (χ2v) is 4.87. The Balaban J connectivity index is 4.85. The van der Waals surface area contributed by atoms with Crippen molar-refractivity contribution in [2.75, 3.05) is 13.2 Å². The highest BCUT2D eigenvalue weighted by Crippen LogP contribution is 2.51. The lowest BCUT2D eigenvalue weighted by Gasteiger charge is -2.23. The first-order chi connectivity index (χ1) is 7.51. The second kappa shape index (κ2) is 7.70. The van der Waals surface area contributed by atoms with E-state index in [1.807, 2.05) is 0 Å². The predicted octanol–water partition coefficient (Wildman–Crippen LogP) is 0.715. The van der Waals surface area contributed by atoms with E-state index in [0.717, 1.165) is 5.49 Å². The Morgan fingerprint density at radius 3 is 2.31 bits per heavy atom. The van der Waals surface area contributed by atoms with Crippen molar-refractivity contribution in [3.8, 4) is 0 Å². The third-order valence-corrected chi connectivity index (χ3v) is 3.78. The van der Waals surface area contributed by atoms with Crippen molar-refractivity contribution in [1.82, 2.24) is 10.9 Å². The first-order valence-corrected chi connectivity index (χ1v) is 6.66. The van der Waals surface area contributed by atoms with E-state index in [1.54, 1.807) is 13.8 Å². The minimum atomic E-state index is -3.75. The molecule has 1 unspecified atom stereocenters. The van der Waals surface area contributed by atoms with Crippen LogP contribution in [0.15, 0.2) is 0 Å². The zero-order chi connectivity index (χ0) is 12.6. The summed E-state index contributed by atoms with van der Waals surface area (Å²) in [5, 5.41) is 8.91. The molecule has 0 rings (SSSR count). The smallest absolute Gasteiger partial charge is 0.360 e. The van der Waals surface area contributed by atoms with Crippen LogP contribution in [0.1, 0.15) is 13.8 Å². The van der Waals surface area contributed by atoms with Crippen LogP contribution in [0.3, 0.4) is 0 Å². The van der Waals surface area contributed by atoms with E-state index in [0.29, 0.717) is 0 Å². The molecule has 0 aromatic carbocycles. The molecular weight excluding hydrogens is 255 g/mol. The van der Waals surface area contributed by atoms with Gasteiger partial charge in [0.1, 0.15) is 0 Å². The molecule has 3 N–H and O–H groups in total. The summed E-state index contributed by atoms with van der Waals surface area (Å²) in [6.07, 6.45) is 0. The molecule has 0 spiro atoms. The first-order valence-electron chi connectivity index (χ1n) is 4.58. The van der Waals surface area contributed by atoms with Crippen LogP contribution in [0.5, 0.6) is 0 Å². The van der Waals surface area contributed by atoms with Crippen LogP contribution in [0, 0.1) is 0 Å². The molecule has 9 heteroatoms. The highest BCUT2D eigenvalue weighted by molar-refractivity contribution is 7.78. The van der Waals surface area contributed by atoms with E-state index < -0.39 is 19.3 Å². The van der Waals surface area contributed by atoms with Crippen LogP contribution < -0.4 is 10.9 Å². The van der Waals surface area contributed by atoms with Gasteiger partial charge in [-0.25, -0.2) is 10.2 Å². The number of hydrogen-bond donors (Lipinski definition) is 3. The van der Waals surface area contributed by atoms with Crippen molar-refractivity contribution >= 4 is 31.3 Å². The zero-order valence-corrected chi connectivity index (χ0v) is 10.7. The van der Waals surface area contributed by atoms with E-state index in [-0.39, 0.29) is 13.2 Å². The molecule has 0 fully saturated rings. The van der Waals surface area contributed by atoms with Gasteiger partial charge >= 0.3 is 13.6 Å². The summed E-state index contributed by atoms with van der Waals surface area (Å²) in [6.45, 7) is 3.36. The van der Waals surface area contributed by atoms with Crippen LogP contribution in [0.2, 0.25) is 0 Å². The normalized spacial score (nSPS) is 13.1. The van der Waals surface area contributed by atoms with E-state index >= 15 is 0 Å². The van der Waals surface area contributed by atoms with Crippen LogP contribution in [-0.4, -0.2) is 35.6 Å². The van der Waals surface area contributed by atoms with Gasteiger partial charge in [0.05, 0.1) is 18.7 Å². The monoisotopic (exact) mass is 270 g/mol. The summed E-state index contributed by atoms with van der Waals surface area (Å²) >= 11 is 4.45. The molecule has 0 aromatic rings. The summed E-state index contributed by atoms with van der Waals surface area (Å²) in [4.78, 5) is 10.9. The summed E-state index contributed by atoms with van der Waals surface area (Å²) in [6, 6.07) is 0. The Morgan fingerprint density at radius 2 is 2.00 bits per heavy atom. The maximum atomic E-state index is 12.1. The maximum absolute atomic E-state index is 12.1. The molecule has 1 atom stereocenters. The van der Waals surface area contributed by atoms with E-state index in [1.165, 1.54) is 0 Å². The fourth-order valence-corrected chi connectivity index (χ4v) is 2.60. The number of nitrogens with one attached hydrogen (secondary N) is 2. The van der Waals surface area contributed by atoms with E-state index in [4.69, 9.17) is 14.2 Å². The molecule has 0 heterocycles. The molecule has 0 aromatic heterocycles. The summed E-state index contributed by atoms with van der Waals surface area (Å²) < 4.78 is 21.9. The van der Waals surface area contributed by atoms with Gasteiger partial charge in [0.25, 0.3) is 0 Å². The molecule has 0 aliphatic rings. The van der Waals surface area contributed by atoms with Crippen LogP contribution in [0.25, 0.3) is 0 Å². The quantitative estimate of drug-likeness (QED) is 0.320. The second-order valence-electron chi connectivity index (χ2n) is 2.52. The Hall–Kier alpha value is -0.530. The average molecular weight is 270 g/mol. The number of hydrogen-bond acceptors (Lipinski definition) is 6. The van der Waals surface area contributed by atoms with Gasteiger partial charge in [0, 0.05) is 0 Å². The molecule has 0 bridgehead atoms. The molecule has 0 amide bonds. The standard InChI is InChI=1S/C7H15N2O5PS/c1-3-13-15(12,14-4-2)6(7(10)11)9-8-5-16/h5-6,9H,3-4H2,1-2H3,(H,8,16)(H,10,11). The lowest BCUT2D eigenvalue weighted by atomic mass is 10.7. The van der Waals surface area contributed by atoms with Gasteiger partial charge in [0.15, 0.2) is 0 Å². The number of carboxylic acid groups (broad SMARTS) is 1. The molecule has 0 saturated heterocycles. The van der Waals surface area contributed by atoms with Crippen LogP contribution >= 0.6 is 19.8 Å². The van der Waals surface area contributed by atoms with Crippen LogP contribution in [-0.2, 0) is 18.4 Å². The van der Waals surface area contributed by atoms with Crippen molar-refractivity contribution < 1.29 is 23.5 Å². The van der Waals surface area contributed by atoms with Gasteiger partial charge in [-0.15, -0.1) is 0 Å². The van der Waals surface area contributed by atoms with Gasteiger partial charge in [-0.1, -0.05) is 12.2 Å². The van der Waals surface area contributed by atoms with Crippen molar-refractivity contribution in [3.05, 3.63) is 0 Å². The molecule has 0 aliphatic heterocycles. The van der Waals surface area contributed by atoms with Gasteiger partial charge < -0.3 is 19.6 Å². The number of carbonyl (C=O) groups is 1. The Bertz CT molecular complexity index is 278. The van der Waals surface area contributed by atoms with E-state index in [2.05, 4.69) is 23.1 Å². The average Bonchev–Trinajstić information content (AvgIpc) is 2.18. The SMILES string of the molecule is CCOP(=O)(OCC)C(NNC=S)C(=O)O. The van der Waals surface area contributed by atoms with Crippen molar-refractivity contribution in [2.45, 2.75) is 19.6 Å². The zero-order valence-electron chi connectivity index (χ0n) is 9.00. The fourth-order valence-electron chi connectivity index (χ4n) is 0.935. The highest BCUT2D eigenvalue weighted by Gasteiger charge is 2.41. The first kappa shape index (κ1) is 15.5. The van der Waals surface area contributed by atoms with Gasteiger partial charge in [-0.3, -0.25) is 4.57 Å². The van der Waals surface area contributed by atoms with Crippen molar-refractivity contribution in [1.29, 1.82) is 0 Å². The Morgan fingerprint density at radius 1 is 1.50 bits per heavy atom. The molecule has 0 aliphatic carbocycles. The van der Waals surface area contributed by atoms with Crippen molar-refractivity contribution in [2.24, 2.45) is 0 Å². The molecular formula is C7H15N2O5PS. The Labute approximate surface area is 99.0 Å². The summed E-state index contributed by atoms with van der Waals surface area (Å²) in [7, 11) is -3.75. The van der Waals surface area contributed by atoms with Gasteiger partial charge in [-0.05, 0) is 13.8 Å². The predicted molar refractivity (Wildman–Crippen MR) is 62.2 cm³/mol. The number of hydrazine groups is 1.